The second-order valence-corrected chi connectivity index (χ2v) is 5.87. The van der Waals surface area contributed by atoms with Crippen LogP contribution in [0.15, 0.2) is 18.2 Å². The molecule has 0 aromatic heterocycles. The van der Waals surface area contributed by atoms with Gasteiger partial charge in [-0.25, -0.2) is 0 Å². The summed E-state index contributed by atoms with van der Waals surface area (Å²) in [5, 5.41) is 3.19. The Kier molecular flexibility index (Phi) is 4.35. The first kappa shape index (κ1) is 14.2. The Morgan fingerprint density at radius 1 is 1.42 bits per heavy atom. The molecule has 0 radical (unpaired) electrons. The highest BCUT2D eigenvalue weighted by Crippen LogP contribution is 2.42. The monoisotopic (exact) mass is 263 g/mol. The van der Waals surface area contributed by atoms with Crippen molar-refractivity contribution in [1.29, 1.82) is 0 Å². The van der Waals surface area contributed by atoms with Gasteiger partial charge in [-0.1, -0.05) is 25.5 Å². The molecule has 19 heavy (non-hydrogen) atoms. The van der Waals surface area contributed by atoms with Crippen LogP contribution in [0, 0.1) is 0 Å². The molecule has 0 saturated heterocycles. The molecule has 0 fully saturated rings. The fraction of sp³-hybridized carbons (Fsp3) is 0.625. The Balaban J connectivity index is 2.16. The Labute approximate surface area is 116 Å². The number of para-hydroxylation sites is 1. The van der Waals surface area contributed by atoms with E-state index in [4.69, 9.17) is 9.47 Å². The van der Waals surface area contributed by atoms with Gasteiger partial charge in [0.25, 0.3) is 0 Å². The van der Waals surface area contributed by atoms with Crippen molar-refractivity contribution in [2.45, 2.75) is 51.7 Å². The summed E-state index contributed by atoms with van der Waals surface area (Å²) in [4.78, 5) is 0. The molecule has 1 N–H and O–H groups in total. The summed E-state index contributed by atoms with van der Waals surface area (Å²) >= 11 is 0. The summed E-state index contributed by atoms with van der Waals surface area (Å²) in [6.07, 6.45) is 3.32. The minimum Gasteiger partial charge on any atom is -0.485 e. The van der Waals surface area contributed by atoms with E-state index in [9.17, 15) is 0 Å². The van der Waals surface area contributed by atoms with Gasteiger partial charge in [0.15, 0.2) is 11.5 Å². The van der Waals surface area contributed by atoms with E-state index in [0.29, 0.717) is 0 Å². The Morgan fingerprint density at radius 3 is 2.89 bits per heavy atom. The zero-order valence-electron chi connectivity index (χ0n) is 12.5. The van der Waals surface area contributed by atoms with Crippen LogP contribution in [0.5, 0.6) is 11.5 Å². The third kappa shape index (κ3) is 3.41. The van der Waals surface area contributed by atoms with Crippen LogP contribution in [0.25, 0.3) is 0 Å². The van der Waals surface area contributed by atoms with Crippen molar-refractivity contribution >= 4 is 0 Å². The van der Waals surface area contributed by atoms with Crippen molar-refractivity contribution in [1.82, 2.24) is 5.32 Å². The number of ether oxygens (including phenoxy) is 2. The Morgan fingerprint density at radius 2 is 2.21 bits per heavy atom. The van der Waals surface area contributed by atoms with Crippen molar-refractivity contribution in [3.05, 3.63) is 23.8 Å². The molecular weight excluding hydrogens is 238 g/mol. The molecule has 3 nitrogen and oxygen atoms in total. The highest BCUT2D eigenvalue weighted by atomic mass is 16.5. The quantitative estimate of drug-likeness (QED) is 0.855. The van der Waals surface area contributed by atoms with Crippen molar-refractivity contribution in [3.63, 3.8) is 0 Å². The first-order valence-corrected chi connectivity index (χ1v) is 7.18. The largest absolute Gasteiger partial charge is 0.485 e. The molecule has 1 aliphatic heterocycles. The minimum absolute atomic E-state index is 0.120. The molecule has 1 aromatic carbocycles. The van der Waals surface area contributed by atoms with E-state index in [1.165, 1.54) is 5.56 Å². The maximum absolute atomic E-state index is 6.14. The van der Waals surface area contributed by atoms with Gasteiger partial charge in [-0.15, -0.1) is 0 Å². The molecule has 0 saturated carbocycles. The topological polar surface area (TPSA) is 30.5 Å². The van der Waals surface area contributed by atoms with E-state index in [0.717, 1.165) is 37.3 Å². The van der Waals surface area contributed by atoms with Gasteiger partial charge in [0.05, 0.1) is 0 Å². The molecule has 1 aromatic rings. The van der Waals surface area contributed by atoms with Crippen LogP contribution in [0.2, 0.25) is 0 Å². The van der Waals surface area contributed by atoms with Crippen molar-refractivity contribution < 1.29 is 9.47 Å². The van der Waals surface area contributed by atoms with Gasteiger partial charge in [0, 0.05) is 18.5 Å². The number of nitrogens with one attached hydrogen (secondary N) is 1. The van der Waals surface area contributed by atoms with Crippen LogP contribution in [0.3, 0.4) is 0 Å². The van der Waals surface area contributed by atoms with E-state index in [1.54, 1.807) is 0 Å². The van der Waals surface area contributed by atoms with E-state index in [1.807, 2.05) is 13.1 Å². The molecule has 0 aliphatic carbocycles. The molecule has 0 bridgehead atoms. The Bertz CT molecular complexity index is 423. The lowest BCUT2D eigenvalue weighted by molar-refractivity contribution is 0.123. The van der Waals surface area contributed by atoms with Crippen molar-refractivity contribution in [3.8, 4) is 11.5 Å². The van der Waals surface area contributed by atoms with Crippen LogP contribution >= 0.6 is 0 Å². The molecule has 1 unspecified atom stereocenters. The molecule has 0 amide bonds. The lowest BCUT2D eigenvalue weighted by atomic mass is 10.0. The van der Waals surface area contributed by atoms with Crippen LogP contribution in [0.1, 0.15) is 39.2 Å². The lowest BCUT2D eigenvalue weighted by Gasteiger charge is -2.21. The van der Waals surface area contributed by atoms with Crippen LogP contribution in [-0.4, -0.2) is 25.3 Å². The average molecular weight is 263 g/mol. The van der Waals surface area contributed by atoms with Gasteiger partial charge in [-0.3, -0.25) is 0 Å². The number of rotatable bonds is 6. The zero-order valence-corrected chi connectivity index (χ0v) is 12.5. The predicted octanol–water partition coefficient (Wildman–Crippen LogP) is 3.17. The van der Waals surface area contributed by atoms with Gasteiger partial charge < -0.3 is 14.8 Å². The van der Waals surface area contributed by atoms with Crippen LogP contribution in [0.4, 0.5) is 0 Å². The molecule has 2 rings (SSSR count). The maximum Gasteiger partial charge on any atom is 0.165 e. The highest BCUT2D eigenvalue weighted by Gasteiger charge is 2.32. The molecule has 3 heteroatoms. The molecule has 1 atom stereocenters. The SMILES string of the molecule is CCCC(CNC)Oc1cccc2c1OC(C)(C)C2. The van der Waals surface area contributed by atoms with Gasteiger partial charge in [-0.2, -0.15) is 0 Å². The number of hydrogen-bond acceptors (Lipinski definition) is 3. The summed E-state index contributed by atoms with van der Waals surface area (Å²) in [5.41, 5.74) is 1.13. The molecule has 1 aliphatic rings. The second kappa shape index (κ2) is 5.83. The summed E-state index contributed by atoms with van der Waals surface area (Å²) in [6, 6.07) is 6.20. The van der Waals surface area contributed by atoms with Gasteiger partial charge in [0.1, 0.15) is 11.7 Å². The normalized spacial score (nSPS) is 17.7. The standard InChI is InChI=1S/C16H25NO2/c1-5-7-13(11-17-4)18-14-9-6-8-12-10-16(2,3)19-15(12)14/h6,8-9,13,17H,5,7,10-11H2,1-4H3. The highest BCUT2D eigenvalue weighted by molar-refractivity contribution is 5.50. The fourth-order valence-electron chi connectivity index (χ4n) is 2.61. The van der Waals surface area contributed by atoms with E-state index in [-0.39, 0.29) is 11.7 Å². The summed E-state index contributed by atoms with van der Waals surface area (Å²) in [7, 11) is 1.96. The predicted molar refractivity (Wildman–Crippen MR) is 78.1 cm³/mol. The fourth-order valence-corrected chi connectivity index (χ4v) is 2.61. The molecule has 0 spiro atoms. The first-order valence-electron chi connectivity index (χ1n) is 7.18. The van der Waals surface area contributed by atoms with Crippen molar-refractivity contribution in [2.24, 2.45) is 0 Å². The number of benzene rings is 1. The second-order valence-electron chi connectivity index (χ2n) is 5.87. The van der Waals surface area contributed by atoms with E-state index < -0.39 is 0 Å². The third-order valence-electron chi connectivity index (χ3n) is 3.39. The smallest absolute Gasteiger partial charge is 0.165 e. The Hall–Kier alpha value is -1.22. The van der Waals surface area contributed by atoms with E-state index in [2.05, 4.69) is 38.2 Å². The maximum atomic E-state index is 6.14. The van der Waals surface area contributed by atoms with Crippen molar-refractivity contribution in [2.75, 3.05) is 13.6 Å². The van der Waals surface area contributed by atoms with Gasteiger partial charge >= 0.3 is 0 Å². The molecule has 1 heterocycles. The number of fused-ring (bicyclic) bond motifs is 1. The summed E-state index contributed by atoms with van der Waals surface area (Å²) in [6.45, 7) is 7.28. The molecule has 106 valence electrons. The minimum atomic E-state index is -0.120. The van der Waals surface area contributed by atoms with Crippen LogP contribution in [-0.2, 0) is 6.42 Å². The third-order valence-corrected chi connectivity index (χ3v) is 3.39. The summed E-state index contributed by atoms with van der Waals surface area (Å²) in [5.74, 6) is 1.82. The average Bonchev–Trinajstić information content (AvgIpc) is 2.65. The summed E-state index contributed by atoms with van der Waals surface area (Å²) < 4.78 is 12.2. The number of likely N-dealkylation sites (N-methyl/N-ethyl adjacent to an activating group) is 1. The zero-order chi connectivity index (χ0) is 13.9. The van der Waals surface area contributed by atoms with Crippen LogP contribution < -0.4 is 14.8 Å². The van der Waals surface area contributed by atoms with Gasteiger partial charge in [0.2, 0.25) is 0 Å². The first-order chi connectivity index (χ1) is 9.05. The lowest BCUT2D eigenvalue weighted by Crippen LogP contribution is -2.29. The number of hydrogen-bond donors (Lipinski definition) is 1. The van der Waals surface area contributed by atoms with Gasteiger partial charge in [-0.05, 0) is 33.4 Å². The van der Waals surface area contributed by atoms with E-state index >= 15 is 0 Å². The molecular formula is C16H25NO2.